The van der Waals surface area contributed by atoms with Crippen LogP contribution in [0.5, 0.6) is 0 Å². The standard InChI is InChI=1S/C23H28N4O6S/c1-26-7-9-27(10-8-26)19(28)17-11-16(34(32,33)15-5-3-2-4-6-15)12-23(17,21(30)31)18-13-22(18,14-24)20(25)29/h2-6,16-18H,7-13H2,1H3,(H2,25,29)(H,30,31)/t16-,17+,18?,22?,23+/m1/s1. The van der Waals surface area contributed by atoms with Crippen molar-refractivity contribution in [2.75, 3.05) is 33.2 Å². The molecule has 1 aromatic rings. The number of benzene rings is 1. The van der Waals surface area contributed by atoms with Crippen LogP contribution in [0.25, 0.3) is 0 Å². The Morgan fingerprint density at radius 1 is 1.12 bits per heavy atom. The number of rotatable bonds is 6. The molecule has 1 aliphatic heterocycles. The van der Waals surface area contributed by atoms with Gasteiger partial charge in [-0.05, 0) is 38.4 Å². The van der Waals surface area contributed by atoms with E-state index in [2.05, 4.69) is 0 Å². The number of nitrogens with two attached hydrogens (primary N) is 1. The van der Waals surface area contributed by atoms with Crippen LogP contribution >= 0.6 is 0 Å². The van der Waals surface area contributed by atoms with E-state index in [1.54, 1.807) is 23.1 Å². The zero-order valence-corrected chi connectivity index (χ0v) is 19.7. The molecule has 11 heteroatoms. The number of amides is 2. The number of sulfone groups is 1. The summed E-state index contributed by atoms with van der Waals surface area (Å²) in [5, 5.41) is 19.0. The van der Waals surface area contributed by atoms with Gasteiger partial charge >= 0.3 is 5.97 Å². The number of carboxylic acid groups (broad SMARTS) is 1. The highest BCUT2D eigenvalue weighted by molar-refractivity contribution is 7.92. The van der Waals surface area contributed by atoms with Gasteiger partial charge in [0.25, 0.3) is 0 Å². The molecule has 2 aliphatic carbocycles. The molecular formula is C23H28N4O6S. The quantitative estimate of drug-likeness (QED) is 0.570. The molecule has 1 aromatic carbocycles. The number of hydrogen-bond acceptors (Lipinski definition) is 7. The van der Waals surface area contributed by atoms with Crippen LogP contribution in [0.2, 0.25) is 0 Å². The molecule has 0 aromatic heterocycles. The molecule has 0 radical (unpaired) electrons. The number of nitriles is 1. The van der Waals surface area contributed by atoms with Crippen LogP contribution in [-0.2, 0) is 24.2 Å². The number of hydrogen-bond donors (Lipinski definition) is 2. The number of piperazine rings is 1. The van der Waals surface area contributed by atoms with Crippen molar-refractivity contribution in [3.63, 3.8) is 0 Å². The van der Waals surface area contributed by atoms with E-state index in [0.717, 1.165) is 0 Å². The summed E-state index contributed by atoms with van der Waals surface area (Å²) in [4.78, 5) is 42.3. The molecule has 0 spiro atoms. The largest absolute Gasteiger partial charge is 0.481 e. The zero-order chi connectivity index (χ0) is 24.9. The van der Waals surface area contributed by atoms with E-state index in [4.69, 9.17) is 5.73 Å². The summed E-state index contributed by atoms with van der Waals surface area (Å²) in [6.45, 7) is 2.00. The molecular weight excluding hydrogens is 460 g/mol. The van der Waals surface area contributed by atoms with Gasteiger partial charge in [0.05, 0.1) is 27.5 Å². The van der Waals surface area contributed by atoms with Gasteiger partial charge in [-0.1, -0.05) is 18.2 Å². The minimum absolute atomic E-state index is 0.0456. The first-order chi connectivity index (χ1) is 16.0. The minimum Gasteiger partial charge on any atom is -0.481 e. The summed E-state index contributed by atoms with van der Waals surface area (Å²) in [6.07, 6.45) is -0.647. The maximum absolute atomic E-state index is 13.7. The van der Waals surface area contributed by atoms with Crippen molar-refractivity contribution < 1.29 is 27.9 Å². The Labute approximate surface area is 198 Å². The Morgan fingerprint density at radius 2 is 1.74 bits per heavy atom. The minimum atomic E-state index is -3.96. The van der Waals surface area contributed by atoms with Crippen LogP contribution in [0, 0.1) is 34.0 Å². The number of carbonyl (C=O) groups is 3. The first kappa shape index (κ1) is 24.2. The molecule has 34 heavy (non-hydrogen) atoms. The number of carboxylic acids is 1. The fraction of sp³-hybridized carbons (Fsp3) is 0.565. The molecule has 0 bridgehead atoms. The Bertz CT molecular complexity index is 1160. The van der Waals surface area contributed by atoms with Gasteiger partial charge in [-0.3, -0.25) is 14.4 Å². The highest BCUT2D eigenvalue weighted by Gasteiger charge is 2.76. The van der Waals surface area contributed by atoms with Crippen molar-refractivity contribution in [2.45, 2.75) is 29.4 Å². The van der Waals surface area contributed by atoms with Gasteiger partial charge < -0.3 is 20.6 Å². The highest BCUT2D eigenvalue weighted by Crippen LogP contribution is 2.68. The maximum atomic E-state index is 13.7. The first-order valence-electron chi connectivity index (χ1n) is 11.2. The molecule has 2 unspecified atom stereocenters. The van der Waals surface area contributed by atoms with Crippen molar-refractivity contribution in [1.82, 2.24) is 9.80 Å². The summed E-state index contributed by atoms with van der Waals surface area (Å²) in [7, 11) is -2.04. The van der Waals surface area contributed by atoms with Gasteiger partial charge in [-0.2, -0.15) is 5.26 Å². The molecule has 10 nitrogen and oxygen atoms in total. The molecule has 2 saturated carbocycles. The van der Waals surface area contributed by atoms with Crippen LogP contribution in [0.3, 0.4) is 0 Å². The van der Waals surface area contributed by atoms with Crippen molar-refractivity contribution in [3.05, 3.63) is 30.3 Å². The maximum Gasteiger partial charge on any atom is 0.310 e. The summed E-state index contributed by atoms with van der Waals surface area (Å²) >= 11 is 0. The van der Waals surface area contributed by atoms with E-state index in [-0.39, 0.29) is 24.2 Å². The van der Waals surface area contributed by atoms with E-state index < -0.39 is 55.5 Å². The fourth-order valence-corrected chi connectivity index (χ4v) is 7.65. The molecule has 4 rings (SSSR count). The summed E-state index contributed by atoms with van der Waals surface area (Å²) in [5.41, 5.74) is 1.88. The molecule has 3 aliphatic rings. The predicted octanol–water partition coefficient (Wildman–Crippen LogP) is 0.0991. The number of aliphatic carboxylic acids is 1. The topological polar surface area (TPSA) is 162 Å². The van der Waals surface area contributed by atoms with E-state index in [0.29, 0.717) is 26.2 Å². The van der Waals surface area contributed by atoms with E-state index >= 15 is 0 Å². The van der Waals surface area contributed by atoms with Crippen LogP contribution in [0.1, 0.15) is 19.3 Å². The second kappa shape index (κ2) is 8.36. The van der Waals surface area contributed by atoms with E-state index in [1.807, 2.05) is 18.0 Å². The third-order valence-electron chi connectivity index (χ3n) is 7.93. The zero-order valence-electron chi connectivity index (χ0n) is 18.9. The van der Waals surface area contributed by atoms with Crippen molar-refractivity contribution in [1.29, 1.82) is 5.26 Å². The Morgan fingerprint density at radius 3 is 2.24 bits per heavy atom. The van der Waals surface area contributed by atoms with Gasteiger partial charge in [-0.15, -0.1) is 0 Å². The number of carbonyl (C=O) groups excluding carboxylic acids is 2. The number of likely N-dealkylation sites (N-methyl/N-ethyl adjacent to an activating group) is 1. The Hall–Kier alpha value is -2.97. The van der Waals surface area contributed by atoms with E-state index in [9.17, 15) is 33.2 Å². The lowest BCUT2D eigenvalue weighted by Crippen LogP contribution is -2.53. The van der Waals surface area contributed by atoms with Gasteiger partial charge in [0.2, 0.25) is 11.8 Å². The normalized spacial score (nSPS) is 33.8. The SMILES string of the molecule is CN1CCN(C(=O)[C@@H]2C[C@@H](S(=O)(=O)c3ccccc3)C[C@@]2(C(=O)O)C2CC2(C#N)C(N)=O)CC1. The molecule has 1 saturated heterocycles. The number of nitrogens with zero attached hydrogens (tertiary/aromatic N) is 3. The average molecular weight is 489 g/mol. The predicted molar refractivity (Wildman–Crippen MR) is 120 cm³/mol. The highest BCUT2D eigenvalue weighted by atomic mass is 32.2. The van der Waals surface area contributed by atoms with Gasteiger partial charge in [0, 0.05) is 32.1 Å². The van der Waals surface area contributed by atoms with Crippen LogP contribution in [0.4, 0.5) is 0 Å². The molecule has 182 valence electrons. The summed E-state index contributed by atoms with van der Waals surface area (Å²) in [5.74, 6) is -4.96. The van der Waals surface area contributed by atoms with Gasteiger partial charge in [0.1, 0.15) is 5.41 Å². The van der Waals surface area contributed by atoms with Crippen molar-refractivity contribution in [3.8, 4) is 6.07 Å². The molecule has 5 atom stereocenters. The van der Waals surface area contributed by atoms with Crippen LogP contribution < -0.4 is 5.73 Å². The lowest BCUT2D eigenvalue weighted by molar-refractivity contribution is -0.161. The number of primary amides is 1. The Kier molecular flexibility index (Phi) is 5.94. The summed E-state index contributed by atoms with van der Waals surface area (Å²) < 4.78 is 26.9. The molecule has 3 fully saturated rings. The smallest absolute Gasteiger partial charge is 0.310 e. The van der Waals surface area contributed by atoms with Crippen molar-refractivity contribution >= 4 is 27.6 Å². The van der Waals surface area contributed by atoms with Gasteiger partial charge in [-0.25, -0.2) is 8.42 Å². The fourth-order valence-electron chi connectivity index (χ4n) is 5.79. The average Bonchev–Trinajstić information content (AvgIpc) is 3.44. The second-order valence-corrected chi connectivity index (χ2v) is 11.9. The first-order valence-corrected chi connectivity index (χ1v) is 12.8. The third-order valence-corrected chi connectivity index (χ3v) is 10.1. The van der Waals surface area contributed by atoms with E-state index in [1.165, 1.54) is 12.1 Å². The lowest BCUT2D eigenvalue weighted by atomic mass is 9.70. The monoisotopic (exact) mass is 488 g/mol. The van der Waals surface area contributed by atoms with Gasteiger partial charge in [0.15, 0.2) is 9.84 Å². The lowest BCUT2D eigenvalue weighted by Gasteiger charge is -2.38. The second-order valence-electron chi connectivity index (χ2n) is 9.65. The molecule has 3 N–H and O–H groups in total. The van der Waals surface area contributed by atoms with Crippen LogP contribution in [-0.4, -0.2) is 79.6 Å². The Balaban J connectivity index is 1.78. The molecule has 1 heterocycles. The van der Waals surface area contributed by atoms with Crippen LogP contribution in [0.15, 0.2) is 35.2 Å². The third kappa shape index (κ3) is 3.56. The summed E-state index contributed by atoms with van der Waals surface area (Å²) in [6, 6.07) is 9.57. The molecule has 2 amide bonds. The van der Waals surface area contributed by atoms with Crippen molar-refractivity contribution in [2.24, 2.45) is 28.4 Å².